The van der Waals surface area contributed by atoms with E-state index in [-0.39, 0.29) is 15.6 Å². The maximum Gasteiger partial charge on any atom is 0.271 e. The number of nitrogens with zero attached hydrogens (tertiary/aromatic N) is 1. The Morgan fingerprint density at radius 1 is 1.38 bits per heavy atom. The minimum Gasteiger partial charge on any atom is -0.506 e. The van der Waals surface area contributed by atoms with E-state index in [1.54, 1.807) is 6.92 Å². The number of aromatic hydroxyl groups is 1. The Morgan fingerprint density at radius 3 is 2.57 bits per heavy atom. The van der Waals surface area contributed by atoms with Crippen LogP contribution in [-0.4, -0.2) is 18.4 Å². The predicted octanol–water partition coefficient (Wildman–Crippen LogP) is 3.12. The van der Waals surface area contributed by atoms with Gasteiger partial charge in [0.2, 0.25) is 0 Å². The molecule has 0 amide bonds. The smallest absolute Gasteiger partial charge is 0.271 e. The molecule has 0 bridgehead atoms. The molecule has 0 radical (unpaired) electrons. The molecule has 0 unspecified atom stereocenters. The van der Waals surface area contributed by atoms with Gasteiger partial charge in [0.1, 0.15) is 9.96 Å². The number of nitro groups is 1. The lowest BCUT2D eigenvalue weighted by Crippen LogP contribution is -2.11. The van der Waals surface area contributed by atoms with E-state index in [1.807, 2.05) is 0 Å². The molecule has 112 valence electrons. The van der Waals surface area contributed by atoms with Gasteiger partial charge in [0.15, 0.2) is 0 Å². The number of phenols is 1. The molecule has 7 nitrogen and oxygen atoms in total. The quantitative estimate of drug-likeness (QED) is 0.501. The third-order valence-corrected chi connectivity index (χ3v) is 5.93. The number of phenolic OH excluding ortho intramolecular Hbond substituents is 1. The number of sulfonamides is 1. The molecule has 0 fully saturated rings. The summed E-state index contributed by atoms with van der Waals surface area (Å²) in [6.45, 7) is 1.66. The fraction of sp³-hybridized carbons (Fsp3) is 0.0909. The fourth-order valence-corrected chi connectivity index (χ4v) is 4.25. The Labute approximate surface area is 129 Å². The highest BCUT2D eigenvalue weighted by atomic mass is 35.5. The molecule has 0 atom stereocenters. The third-order valence-electron chi connectivity index (χ3n) is 2.53. The van der Waals surface area contributed by atoms with Gasteiger partial charge in [0, 0.05) is 12.1 Å². The van der Waals surface area contributed by atoms with Crippen LogP contribution in [0.5, 0.6) is 5.75 Å². The first-order chi connectivity index (χ1) is 9.70. The van der Waals surface area contributed by atoms with Gasteiger partial charge in [-0.25, -0.2) is 8.42 Å². The molecule has 0 aliphatic carbocycles. The topological polar surface area (TPSA) is 110 Å². The van der Waals surface area contributed by atoms with Crippen molar-refractivity contribution in [1.82, 2.24) is 0 Å². The Morgan fingerprint density at radius 2 is 2.05 bits per heavy atom. The van der Waals surface area contributed by atoms with Gasteiger partial charge < -0.3 is 5.11 Å². The van der Waals surface area contributed by atoms with Crippen molar-refractivity contribution in [3.63, 3.8) is 0 Å². The van der Waals surface area contributed by atoms with Crippen LogP contribution in [0.4, 0.5) is 11.4 Å². The molecule has 0 saturated carbocycles. The second-order valence-electron chi connectivity index (χ2n) is 4.09. The summed E-state index contributed by atoms with van der Waals surface area (Å²) >= 11 is 6.68. The van der Waals surface area contributed by atoms with Crippen molar-refractivity contribution in [2.24, 2.45) is 0 Å². The van der Waals surface area contributed by atoms with Gasteiger partial charge in [-0.1, -0.05) is 11.6 Å². The van der Waals surface area contributed by atoms with Crippen LogP contribution in [0.15, 0.2) is 28.5 Å². The first-order valence-corrected chi connectivity index (χ1v) is 8.14. The lowest BCUT2D eigenvalue weighted by atomic mass is 10.2. The molecule has 1 aromatic carbocycles. The summed E-state index contributed by atoms with van der Waals surface area (Å²) < 4.78 is 26.7. The van der Waals surface area contributed by atoms with E-state index in [9.17, 15) is 23.6 Å². The number of nitro benzene ring substituents is 1. The highest BCUT2D eigenvalue weighted by Gasteiger charge is 2.21. The van der Waals surface area contributed by atoms with Gasteiger partial charge >= 0.3 is 0 Å². The molecule has 2 aromatic rings. The Hall–Kier alpha value is -1.84. The van der Waals surface area contributed by atoms with Gasteiger partial charge in [-0.15, -0.1) is 11.3 Å². The molecule has 1 heterocycles. The van der Waals surface area contributed by atoms with Crippen molar-refractivity contribution < 1.29 is 18.4 Å². The van der Waals surface area contributed by atoms with Crippen LogP contribution in [0.3, 0.4) is 0 Å². The van der Waals surface area contributed by atoms with Crippen molar-refractivity contribution in [1.29, 1.82) is 0 Å². The molecule has 0 aliphatic heterocycles. The number of hydrogen-bond donors (Lipinski definition) is 2. The van der Waals surface area contributed by atoms with Crippen molar-refractivity contribution in [3.05, 3.63) is 44.3 Å². The minimum atomic E-state index is -3.98. The van der Waals surface area contributed by atoms with Crippen molar-refractivity contribution in [3.8, 4) is 5.75 Å². The van der Waals surface area contributed by atoms with Crippen LogP contribution >= 0.6 is 22.9 Å². The van der Waals surface area contributed by atoms with E-state index in [1.165, 1.54) is 6.07 Å². The zero-order chi connectivity index (χ0) is 15.8. The zero-order valence-corrected chi connectivity index (χ0v) is 12.9. The summed E-state index contributed by atoms with van der Waals surface area (Å²) in [6.07, 6.45) is 0. The number of aryl methyl sites for hydroxylation is 1. The van der Waals surface area contributed by atoms with Crippen molar-refractivity contribution >= 4 is 44.3 Å². The molecule has 2 N–H and O–H groups in total. The molecule has 10 heteroatoms. The predicted molar refractivity (Wildman–Crippen MR) is 79.6 cm³/mol. The summed E-state index contributed by atoms with van der Waals surface area (Å²) in [5, 5.41) is 20.3. The molecule has 21 heavy (non-hydrogen) atoms. The molecule has 0 saturated heterocycles. The maximum absolute atomic E-state index is 12.2. The van der Waals surface area contributed by atoms with Gasteiger partial charge in [0.25, 0.3) is 15.7 Å². The summed E-state index contributed by atoms with van der Waals surface area (Å²) in [5.41, 5.74) is -0.0115. The second kappa shape index (κ2) is 5.51. The number of nitrogens with one attached hydrogen (secondary N) is 1. The molecular formula is C11H9ClN2O5S2. The van der Waals surface area contributed by atoms with Crippen LogP contribution in [0, 0.1) is 17.0 Å². The van der Waals surface area contributed by atoms with E-state index in [4.69, 9.17) is 11.6 Å². The van der Waals surface area contributed by atoms with Gasteiger partial charge in [-0.05, 0) is 24.6 Å². The van der Waals surface area contributed by atoms with E-state index in [0.717, 1.165) is 29.5 Å². The summed E-state index contributed by atoms with van der Waals surface area (Å²) in [5.74, 6) is -0.413. The lowest BCUT2D eigenvalue weighted by Gasteiger charge is -2.07. The lowest BCUT2D eigenvalue weighted by molar-refractivity contribution is -0.384. The summed E-state index contributed by atoms with van der Waals surface area (Å²) in [7, 11) is -3.98. The molecule has 2 rings (SSSR count). The first-order valence-electron chi connectivity index (χ1n) is 5.47. The average Bonchev–Trinajstić information content (AvgIpc) is 2.73. The first kappa shape index (κ1) is 15.5. The monoisotopic (exact) mass is 348 g/mol. The fourth-order valence-electron chi connectivity index (χ4n) is 1.48. The summed E-state index contributed by atoms with van der Waals surface area (Å²) in [6, 6.07) is 4.43. The number of rotatable bonds is 4. The minimum absolute atomic E-state index is 0.0455. The standard InChI is InChI=1S/C11H9ClN2O5S2/c1-6-4-10(20-11(6)12)21(18,19)13-8-5-7(14(16)17)2-3-9(8)15/h2-5,13,15H,1H3. The third kappa shape index (κ3) is 3.26. The number of hydrogen-bond acceptors (Lipinski definition) is 6. The van der Waals surface area contributed by atoms with E-state index in [2.05, 4.69) is 4.72 Å². The number of benzene rings is 1. The van der Waals surface area contributed by atoms with Crippen molar-refractivity contribution in [2.45, 2.75) is 11.1 Å². The number of anilines is 1. The highest BCUT2D eigenvalue weighted by Crippen LogP contribution is 2.34. The largest absolute Gasteiger partial charge is 0.506 e. The molecule has 0 aliphatic rings. The number of non-ortho nitro benzene ring substituents is 1. The van der Waals surface area contributed by atoms with Crippen molar-refractivity contribution in [2.75, 3.05) is 4.72 Å². The highest BCUT2D eigenvalue weighted by molar-refractivity contribution is 7.94. The van der Waals surface area contributed by atoms with E-state index in [0.29, 0.717) is 9.90 Å². The van der Waals surface area contributed by atoms with E-state index < -0.39 is 20.7 Å². The molecular weight excluding hydrogens is 340 g/mol. The van der Waals surface area contributed by atoms with E-state index >= 15 is 0 Å². The van der Waals surface area contributed by atoms with Crippen LogP contribution < -0.4 is 4.72 Å². The zero-order valence-electron chi connectivity index (χ0n) is 10.5. The number of thiophene rings is 1. The Balaban J connectivity index is 2.41. The van der Waals surface area contributed by atoms with Crippen LogP contribution in [-0.2, 0) is 10.0 Å². The maximum atomic E-state index is 12.2. The average molecular weight is 349 g/mol. The number of halogens is 1. The van der Waals surface area contributed by atoms with Crippen LogP contribution in [0.25, 0.3) is 0 Å². The normalized spacial score (nSPS) is 11.3. The molecule has 0 spiro atoms. The van der Waals surface area contributed by atoms with Gasteiger partial charge in [0.05, 0.1) is 14.9 Å². The second-order valence-corrected chi connectivity index (χ2v) is 7.65. The van der Waals surface area contributed by atoms with Crippen LogP contribution in [0.1, 0.15) is 5.56 Å². The SMILES string of the molecule is Cc1cc(S(=O)(=O)Nc2cc([N+](=O)[O-])ccc2O)sc1Cl. The van der Waals surface area contributed by atoms with Crippen LogP contribution in [0.2, 0.25) is 4.34 Å². The summed E-state index contributed by atoms with van der Waals surface area (Å²) in [4.78, 5) is 9.99. The Bertz CT molecular complexity index is 797. The van der Waals surface area contributed by atoms with Gasteiger partial charge in [-0.3, -0.25) is 14.8 Å². The van der Waals surface area contributed by atoms with Gasteiger partial charge in [-0.2, -0.15) is 0 Å². The molecule has 1 aromatic heterocycles. The Kier molecular flexibility index (Phi) is 4.08.